The number of aromatic nitrogens is 2. The second-order valence-electron chi connectivity index (χ2n) is 5.91. The number of nitrogens with zero attached hydrogens (tertiary/aromatic N) is 2. The number of carbonyl (C=O) groups excluding carboxylic acids is 1. The normalized spacial score (nSPS) is 11.8. The predicted molar refractivity (Wildman–Crippen MR) is 104 cm³/mol. The number of halogens is 1. The van der Waals surface area contributed by atoms with E-state index in [0.29, 0.717) is 0 Å². The standard InChI is InChI=1S/C20H20FN3O2S/c1-14(15-3-5-16(21)6-4-15)23-19(25)13-27-20-22-11-12-24(20)17-7-9-18(26-2)10-8-17/h3-12,14H,13H2,1-2H3,(H,23,25). The molecule has 2 aromatic carbocycles. The van der Waals surface area contributed by atoms with Crippen LogP contribution >= 0.6 is 11.8 Å². The highest BCUT2D eigenvalue weighted by molar-refractivity contribution is 7.99. The van der Waals surface area contributed by atoms with Gasteiger partial charge in [-0.05, 0) is 48.9 Å². The van der Waals surface area contributed by atoms with Gasteiger partial charge in [-0.2, -0.15) is 0 Å². The number of nitrogens with one attached hydrogen (secondary N) is 1. The molecular weight excluding hydrogens is 365 g/mol. The third kappa shape index (κ3) is 4.89. The van der Waals surface area contributed by atoms with Gasteiger partial charge in [-0.15, -0.1) is 0 Å². The number of hydrogen-bond acceptors (Lipinski definition) is 4. The summed E-state index contributed by atoms with van der Waals surface area (Å²) in [6.07, 6.45) is 3.55. The lowest BCUT2D eigenvalue weighted by atomic mass is 10.1. The first-order valence-electron chi connectivity index (χ1n) is 8.42. The van der Waals surface area contributed by atoms with E-state index < -0.39 is 0 Å². The summed E-state index contributed by atoms with van der Waals surface area (Å²) >= 11 is 1.35. The molecule has 1 heterocycles. The molecule has 0 saturated carbocycles. The van der Waals surface area contributed by atoms with E-state index in [1.807, 2.05) is 42.0 Å². The van der Waals surface area contributed by atoms with Crippen LogP contribution in [0.3, 0.4) is 0 Å². The van der Waals surface area contributed by atoms with Crippen LogP contribution in [0.5, 0.6) is 5.75 Å². The maximum Gasteiger partial charge on any atom is 0.230 e. The smallest absolute Gasteiger partial charge is 0.230 e. The highest BCUT2D eigenvalue weighted by Crippen LogP contribution is 2.22. The average molecular weight is 385 g/mol. The number of amides is 1. The molecule has 1 aromatic heterocycles. The van der Waals surface area contributed by atoms with Crippen molar-refractivity contribution >= 4 is 17.7 Å². The molecule has 0 aliphatic carbocycles. The second kappa shape index (κ2) is 8.73. The van der Waals surface area contributed by atoms with Gasteiger partial charge >= 0.3 is 0 Å². The van der Waals surface area contributed by atoms with Crippen molar-refractivity contribution in [2.75, 3.05) is 12.9 Å². The summed E-state index contributed by atoms with van der Waals surface area (Å²) in [7, 11) is 1.62. The average Bonchev–Trinajstić information content (AvgIpc) is 3.15. The summed E-state index contributed by atoms with van der Waals surface area (Å²) in [6.45, 7) is 1.87. The number of rotatable bonds is 7. The molecule has 3 rings (SSSR count). The van der Waals surface area contributed by atoms with Crippen molar-refractivity contribution in [2.45, 2.75) is 18.1 Å². The fourth-order valence-electron chi connectivity index (χ4n) is 2.58. The maximum atomic E-state index is 13.0. The van der Waals surface area contributed by atoms with Crippen LogP contribution in [0.15, 0.2) is 66.1 Å². The van der Waals surface area contributed by atoms with Crippen molar-refractivity contribution in [2.24, 2.45) is 0 Å². The lowest BCUT2D eigenvalue weighted by Gasteiger charge is -2.14. The first-order valence-corrected chi connectivity index (χ1v) is 9.41. The molecule has 1 amide bonds. The highest BCUT2D eigenvalue weighted by atomic mass is 32.2. The van der Waals surface area contributed by atoms with Gasteiger partial charge in [0, 0.05) is 18.1 Å². The Kier molecular flexibility index (Phi) is 6.13. The van der Waals surface area contributed by atoms with E-state index in [2.05, 4.69) is 10.3 Å². The summed E-state index contributed by atoms with van der Waals surface area (Å²) in [6, 6.07) is 13.5. The van der Waals surface area contributed by atoms with Crippen molar-refractivity contribution in [1.29, 1.82) is 0 Å². The molecule has 0 saturated heterocycles. The number of ether oxygens (including phenoxy) is 1. The zero-order valence-electron chi connectivity index (χ0n) is 15.1. The molecule has 0 aliphatic heterocycles. The Balaban J connectivity index is 1.59. The highest BCUT2D eigenvalue weighted by Gasteiger charge is 2.12. The van der Waals surface area contributed by atoms with Gasteiger partial charge < -0.3 is 10.1 Å². The van der Waals surface area contributed by atoms with Crippen LogP contribution in [0.2, 0.25) is 0 Å². The third-order valence-electron chi connectivity index (χ3n) is 4.04. The number of imidazole rings is 1. The minimum absolute atomic E-state index is 0.110. The molecule has 0 spiro atoms. The van der Waals surface area contributed by atoms with Crippen molar-refractivity contribution < 1.29 is 13.9 Å². The van der Waals surface area contributed by atoms with Gasteiger partial charge in [0.1, 0.15) is 11.6 Å². The van der Waals surface area contributed by atoms with Gasteiger partial charge in [-0.25, -0.2) is 9.37 Å². The molecule has 1 atom stereocenters. The molecule has 140 valence electrons. The van der Waals surface area contributed by atoms with Gasteiger partial charge in [0.25, 0.3) is 0 Å². The number of methoxy groups -OCH3 is 1. The van der Waals surface area contributed by atoms with E-state index in [4.69, 9.17) is 4.74 Å². The summed E-state index contributed by atoms with van der Waals surface area (Å²) in [5.74, 6) is 0.611. The van der Waals surface area contributed by atoms with Crippen LogP contribution in [0.4, 0.5) is 4.39 Å². The molecule has 1 N–H and O–H groups in total. The molecule has 7 heteroatoms. The lowest BCUT2D eigenvalue weighted by Crippen LogP contribution is -2.28. The molecule has 0 radical (unpaired) electrons. The first kappa shape index (κ1) is 19.0. The monoisotopic (exact) mass is 385 g/mol. The van der Waals surface area contributed by atoms with Crippen molar-refractivity contribution in [3.8, 4) is 11.4 Å². The number of thioether (sulfide) groups is 1. The van der Waals surface area contributed by atoms with E-state index in [-0.39, 0.29) is 23.5 Å². The first-order chi connectivity index (χ1) is 13.1. The maximum absolute atomic E-state index is 13.0. The summed E-state index contributed by atoms with van der Waals surface area (Å²) in [5.41, 5.74) is 1.80. The molecule has 3 aromatic rings. The van der Waals surface area contributed by atoms with E-state index in [9.17, 15) is 9.18 Å². The fourth-order valence-corrected chi connectivity index (χ4v) is 3.37. The van der Waals surface area contributed by atoms with Gasteiger partial charge in [0.2, 0.25) is 5.91 Å². The van der Waals surface area contributed by atoms with Gasteiger partial charge in [-0.1, -0.05) is 23.9 Å². The van der Waals surface area contributed by atoms with Crippen LogP contribution in [-0.2, 0) is 4.79 Å². The largest absolute Gasteiger partial charge is 0.497 e. The lowest BCUT2D eigenvalue weighted by molar-refractivity contribution is -0.119. The Hall–Kier alpha value is -2.80. The topological polar surface area (TPSA) is 56.2 Å². The molecule has 5 nitrogen and oxygen atoms in total. The zero-order chi connectivity index (χ0) is 19.2. The Morgan fingerprint density at radius 3 is 2.59 bits per heavy atom. The summed E-state index contributed by atoms with van der Waals surface area (Å²) in [5, 5.41) is 3.64. The van der Waals surface area contributed by atoms with Crippen molar-refractivity contribution in [3.05, 3.63) is 72.3 Å². The van der Waals surface area contributed by atoms with Gasteiger partial charge in [0.05, 0.1) is 18.9 Å². The van der Waals surface area contributed by atoms with Crippen LogP contribution in [-0.4, -0.2) is 28.3 Å². The minimum Gasteiger partial charge on any atom is -0.497 e. The van der Waals surface area contributed by atoms with Crippen LogP contribution in [0, 0.1) is 5.82 Å². The minimum atomic E-state index is -0.293. The van der Waals surface area contributed by atoms with E-state index in [1.165, 1.54) is 23.9 Å². The Bertz CT molecular complexity index is 894. The summed E-state index contributed by atoms with van der Waals surface area (Å²) in [4.78, 5) is 16.6. The number of benzene rings is 2. The van der Waals surface area contributed by atoms with Gasteiger partial charge in [0.15, 0.2) is 5.16 Å². The quantitative estimate of drug-likeness (QED) is 0.625. The summed E-state index contributed by atoms with van der Waals surface area (Å²) < 4.78 is 20.1. The Morgan fingerprint density at radius 2 is 1.93 bits per heavy atom. The third-order valence-corrected chi connectivity index (χ3v) is 5.00. The van der Waals surface area contributed by atoms with E-state index >= 15 is 0 Å². The molecule has 0 fully saturated rings. The molecular formula is C20H20FN3O2S. The Morgan fingerprint density at radius 1 is 1.22 bits per heavy atom. The van der Waals surface area contributed by atoms with Crippen molar-refractivity contribution in [1.82, 2.24) is 14.9 Å². The fraction of sp³-hybridized carbons (Fsp3) is 0.200. The van der Waals surface area contributed by atoms with E-state index in [0.717, 1.165) is 22.2 Å². The van der Waals surface area contributed by atoms with Crippen LogP contribution < -0.4 is 10.1 Å². The van der Waals surface area contributed by atoms with Crippen molar-refractivity contribution in [3.63, 3.8) is 0 Å². The molecule has 27 heavy (non-hydrogen) atoms. The molecule has 0 bridgehead atoms. The van der Waals surface area contributed by atoms with Crippen LogP contribution in [0.1, 0.15) is 18.5 Å². The Labute approximate surface area is 161 Å². The molecule has 0 aliphatic rings. The predicted octanol–water partition coefficient (Wildman–Crippen LogP) is 3.99. The number of carbonyl (C=O) groups is 1. The van der Waals surface area contributed by atoms with Crippen LogP contribution in [0.25, 0.3) is 5.69 Å². The van der Waals surface area contributed by atoms with Gasteiger partial charge in [-0.3, -0.25) is 9.36 Å². The molecule has 1 unspecified atom stereocenters. The zero-order valence-corrected chi connectivity index (χ0v) is 15.9. The number of hydrogen-bond donors (Lipinski definition) is 1. The van der Waals surface area contributed by atoms with E-state index in [1.54, 1.807) is 25.4 Å². The second-order valence-corrected chi connectivity index (χ2v) is 6.85. The SMILES string of the molecule is COc1ccc(-n2ccnc2SCC(=O)NC(C)c2ccc(F)cc2)cc1.